The van der Waals surface area contributed by atoms with Gasteiger partial charge in [-0.3, -0.25) is 0 Å². The Morgan fingerprint density at radius 3 is 2.43 bits per heavy atom. The van der Waals surface area contributed by atoms with Crippen LogP contribution in [-0.4, -0.2) is 18.6 Å². The molecule has 112 valence electrons. The van der Waals surface area contributed by atoms with Crippen molar-refractivity contribution in [3.05, 3.63) is 47.5 Å². The monoisotopic (exact) mass is 308 g/mol. The molecule has 0 spiro atoms. The molecule has 2 rings (SSSR count). The molecule has 0 fully saturated rings. The average Bonchev–Trinajstić information content (AvgIpc) is 2.40. The topological polar surface area (TPSA) is 113 Å². The van der Waals surface area contributed by atoms with Crippen molar-refractivity contribution >= 4 is 15.7 Å². The third-order valence-corrected chi connectivity index (χ3v) is 4.08. The number of sulfonamides is 1. The molecule has 0 atom stereocenters. The van der Waals surface area contributed by atoms with Crippen LogP contribution < -0.4 is 10.5 Å². The molecule has 21 heavy (non-hydrogen) atoms. The van der Waals surface area contributed by atoms with E-state index in [-0.39, 0.29) is 16.4 Å². The number of rotatable bonds is 4. The minimum Gasteiger partial charge on any atom is -0.504 e. The number of aromatic hydroxyl groups is 2. The SMILES string of the molecule is Cc1ccc(NCc2ccc(O)c(O)c2)cc1S(N)(=O)=O. The second-order valence-electron chi connectivity index (χ2n) is 4.70. The van der Waals surface area contributed by atoms with Gasteiger partial charge in [0, 0.05) is 12.2 Å². The standard InChI is InChI=1S/C14H16N2O4S/c1-9-2-4-11(7-14(9)21(15,19)20)16-8-10-3-5-12(17)13(18)6-10/h2-7,16-18H,8H2,1H3,(H2,15,19,20). The Morgan fingerprint density at radius 2 is 1.81 bits per heavy atom. The van der Waals surface area contributed by atoms with Gasteiger partial charge in [-0.05, 0) is 42.3 Å². The van der Waals surface area contributed by atoms with Gasteiger partial charge in [-0.2, -0.15) is 0 Å². The van der Waals surface area contributed by atoms with E-state index < -0.39 is 10.0 Å². The molecule has 6 nitrogen and oxygen atoms in total. The van der Waals surface area contributed by atoms with E-state index in [0.717, 1.165) is 5.56 Å². The molecule has 0 amide bonds. The first-order valence-corrected chi connectivity index (χ1v) is 7.70. The molecule has 0 aliphatic carbocycles. The fourth-order valence-corrected chi connectivity index (χ4v) is 2.71. The van der Waals surface area contributed by atoms with Crippen molar-refractivity contribution in [1.82, 2.24) is 0 Å². The second-order valence-corrected chi connectivity index (χ2v) is 6.23. The quantitative estimate of drug-likeness (QED) is 0.642. The van der Waals surface area contributed by atoms with Gasteiger partial charge in [0.1, 0.15) is 0 Å². The first-order valence-electron chi connectivity index (χ1n) is 6.15. The summed E-state index contributed by atoms with van der Waals surface area (Å²) in [4.78, 5) is 0.0704. The molecule has 0 bridgehead atoms. The van der Waals surface area contributed by atoms with E-state index in [0.29, 0.717) is 17.8 Å². The highest BCUT2D eigenvalue weighted by Gasteiger charge is 2.12. The van der Waals surface area contributed by atoms with Crippen molar-refractivity contribution < 1.29 is 18.6 Å². The Labute approximate surface area is 122 Å². The predicted molar refractivity (Wildman–Crippen MR) is 79.7 cm³/mol. The van der Waals surface area contributed by atoms with Gasteiger partial charge >= 0.3 is 0 Å². The number of aryl methyl sites for hydroxylation is 1. The summed E-state index contributed by atoms with van der Waals surface area (Å²) < 4.78 is 22.9. The van der Waals surface area contributed by atoms with Crippen LogP contribution in [-0.2, 0) is 16.6 Å². The Morgan fingerprint density at radius 1 is 1.10 bits per heavy atom. The number of hydrogen-bond acceptors (Lipinski definition) is 5. The van der Waals surface area contributed by atoms with E-state index >= 15 is 0 Å². The molecular weight excluding hydrogens is 292 g/mol. The fraction of sp³-hybridized carbons (Fsp3) is 0.143. The number of benzene rings is 2. The molecule has 0 aromatic heterocycles. The van der Waals surface area contributed by atoms with E-state index in [1.54, 1.807) is 25.1 Å². The van der Waals surface area contributed by atoms with Crippen LogP contribution >= 0.6 is 0 Å². The number of phenols is 2. The van der Waals surface area contributed by atoms with Crippen molar-refractivity contribution in [2.45, 2.75) is 18.4 Å². The van der Waals surface area contributed by atoms with Crippen molar-refractivity contribution in [2.24, 2.45) is 5.14 Å². The largest absolute Gasteiger partial charge is 0.504 e. The van der Waals surface area contributed by atoms with Crippen LogP contribution in [0.25, 0.3) is 0 Å². The Balaban J connectivity index is 2.19. The molecule has 0 aliphatic heterocycles. The van der Waals surface area contributed by atoms with Crippen LogP contribution in [0.1, 0.15) is 11.1 Å². The summed E-state index contributed by atoms with van der Waals surface area (Å²) >= 11 is 0. The van der Waals surface area contributed by atoms with E-state index in [1.807, 2.05) is 0 Å². The second kappa shape index (κ2) is 5.63. The zero-order valence-corrected chi connectivity index (χ0v) is 12.2. The van der Waals surface area contributed by atoms with Gasteiger partial charge in [-0.25, -0.2) is 13.6 Å². The summed E-state index contributed by atoms with van der Waals surface area (Å²) in [5.41, 5.74) is 1.91. The summed E-state index contributed by atoms with van der Waals surface area (Å²) in [6.07, 6.45) is 0. The molecule has 5 N–H and O–H groups in total. The van der Waals surface area contributed by atoms with Gasteiger partial charge < -0.3 is 15.5 Å². The Hall–Kier alpha value is -2.25. The maximum atomic E-state index is 11.5. The average molecular weight is 308 g/mol. The minimum absolute atomic E-state index is 0.0704. The highest BCUT2D eigenvalue weighted by atomic mass is 32.2. The Bertz CT molecular complexity index is 773. The lowest BCUT2D eigenvalue weighted by Crippen LogP contribution is -2.14. The maximum absolute atomic E-state index is 11.5. The van der Waals surface area contributed by atoms with Crippen molar-refractivity contribution in [3.63, 3.8) is 0 Å². The van der Waals surface area contributed by atoms with Crippen LogP contribution in [0.3, 0.4) is 0 Å². The third-order valence-electron chi connectivity index (χ3n) is 3.03. The third kappa shape index (κ3) is 3.65. The molecule has 0 saturated heterocycles. The first-order chi connectivity index (χ1) is 9.77. The van der Waals surface area contributed by atoms with Crippen LogP contribution in [0, 0.1) is 6.92 Å². The molecule has 0 unspecified atom stereocenters. The number of phenolic OH excluding ortho intramolecular Hbond substituents is 2. The summed E-state index contributed by atoms with van der Waals surface area (Å²) in [5.74, 6) is -0.394. The van der Waals surface area contributed by atoms with Gasteiger partial charge in [0.2, 0.25) is 10.0 Å². The summed E-state index contributed by atoms with van der Waals surface area (Å²) in [7, 11) is -3.76. The lowest BCUT2D eigenvalue weighted by molar-refractivity contribution is 0.403. The zero-order chi connectivity index (χ0) is 15.6. The molecule has 0 radical (unpaired) electrons. The number of anilines is 1. The molecule has 0 heterocycles. The molecule has 2 aromatic carbocycles. The lowest BCUT2D eigenvalue weighted by atomic mass is 10.2. The van der Waals surface area contributed by atoms with Gasteiger partial charge in [0.25, 0.3) is 0 Å². The predicted octanol–water partition coefficient (Wildman–Crippen LogP) is 1.67. The molecule has 7 heteroatoms. The van der Waals surface area contributed by atoms with Crippen LogP contribution in [0.5, 0.6) is 11.5 Å². The lowest BCUT2D eigenvalue weighted by Gasteiger charge is -2.10. The van der Waals surface area contributed by atoms with Crippen molar-refractivity contribution in [2.75, 3.05) is 5.32 Å². The van der Waals surface area contributed by atoms with Crippen LogP contribution in [0.2, 0.25) is 0 Å². The summed E-state index contributed by atoms with van der Waals surface area (Å²) in [6.45, 7) is 2.03. The summed E-state index contributed by atoms with van der Waals surface area (Å²) in [6, 6.07) is 9.33. The number of primary sulfonamides is 1. The number of nitrogens with one attached hydrogen (secondary N) is 1. The highest BCUT2D eigenvalue weighted by Crippen LogP contribution is 2.25. The smallest absolute Gasteiger partial charge is 0.238 e. The number of hydrogen-bond donors (Lipinski definition) is 4. The molecule has 0 saturated carbocycles. The first kappa shape index (κ1) is 15.1. The highest BCUT2D eigenvalue weighted by molar-refractivity contribution is 7.89. The van der Waals surface area contributed by atoms with E-state index in [9.17, 15) is 18.6 Å². The van der Waals surface area contributed by atoms with Crippen LogP contribution in [0.4, 0.5) is 5.69 Å². The van der Waals surface area contributed by atoms with Gasteiger partial charge in [0.15, 0.2) is 11.5 Å². The van der Waals surface area contributed by atoms with Crippen LogP contribution in [0.15, 0.2) is 41.3 Å². The molecular formula is C14H16N2O4S. The zero-order valence-electron chi connectivity index (χ0n) is 11.4. The minimum atomic E-state index is -3.76. The number of nitrogens with two attached hydrogens (primary N) is 1. The maximum Gasteiger partial charge on any atom is 0.238 e. The Kier molecular flexibility index (Phi) is 4.06. The normalized spacial score (nSPS) is 11.3. The van der Waals surface area contributed by atoms with E-state index in [4.69, 9.17) is 5.14 Å². The van der Waals surface area contributed by atoms with Crippen molar-refractivity contribution in [3.8, 4) is 11.5 Å². The summed E-state index contributed by atoms with van der Waals surface area (Å²) in [5, 5.41) is 26.8. The van der Waals surface area contributed by atoms with Crippen molar-refractivity contribution in [1.29, 1.82) is 0 Å². The van der Waals surface area contributed by atoms with Gasteiger partial charge in [0.05, 0.1) is 4.90 Å². The van der Waals surface area contributed by atoms with E-state index in [1.165, 1.54) is 18.2 Å². The fourth-order valence-electron chi connectivity index (χ4n) is 1.90. The molecule has 0 aliphatic rings. The van der Waals surface area contributed by atoms with Gasteiger partial charge in [-0.15, -0.1) is 0 Å². The molecule has 2 aromatic rings. The van der Waals surface area contributed by atoms with E-state index in [2.05, 4.69) is 5.32 Å². The van der Waals surface area contributed by atoms with Gasteiger partial charge in [-0.1, -0.05) is 12.1 Å².